The maximum atomic E-state index is 5.18. The van der Waals surface area contributed by atoms with Gasteiger partial charge in [-0.15, -0.1) is 0 Å². The van der Waals surface area contributed by atoms with Crippen molar-refractivity contribution in [3.8, 4) is 124 Å². The molecule has 0 radical (unpaired) electrons. The summed E-state index contributed by atoms with van der Waals surface area (Å²) in [7, 11) is 0. The van der Waals surface area contributed by atoms with Gasteiger partial charge in [0.25, 0.3) is 0 Å². The molecule has 12 rings (SSSR count). The quantitative estimate of drug-likeness (QED) is 0.129. The van der Waals surface area contributed by atoms with E-state index in [4.69, 9.17) is 29.9 Å². The predicted octanol–water partition coefficient (Wildman–Crippen LogP) is 16.4. The van der Waals surface area contributed by atoms with E-state index < -0.39 is 0 Å². The van der Waals surface area contributed by atoms with Crippen molar-refractivity contribution < 1.29 is 0 Å². The van der Waals surface area contributed by atoms with Gasteiger partial charge in [0.1, 0.15) is 0 Å². The van der Waals surface area contributed by atoms with Gasteiger partial charge in [0.05, 0.1) is 0 Å². The maximum absolute atomic E-state index is 5.18. The van der Waals surface area contributed by atoms with Gasteiger partial charge in [-0.3, -0.25) is 0 Å². The molecule has 0 aliphatic heterocycles. The molecule has 6 heteroatoms. The van der Waals surface area contributed by atoms with E-state index in [-0.39, 0.29) is 0 Å². The summed E-state index contributed by atoms with van der Waals surface area (Å²) in [5.41, 5.74) is 16.3. The average molecular weight is 921 g/mol. The van der Waals surface area contributed by atoms with Crippen LogP contribution < -0.4 is 0 Å². The number of hydrogen-bond donors (Lipinski definition) is 0. The van der Waals surface area contributed by atoms with Crippen molar-refractivity contribution in [2.45, 2.75) is 0 Å². The summed E-state index contributed by atoms with van der Waals surface area (Å²) in [6, 6.07) is 92.0. The zero-order valence-electron chi connectivity index (χ0n) is 39.1. The number of aromatic nitrogens is 6. The molecule has 0 unspecified atom stereocenters. The second-order valence-electron chi connectivity index (χ2n) is 17.6. The van der Waals surface area contributed by atoms with Crippen molar-refractivity contribution >= 4 is 0 Å². The molecule has 0 N–H and O–H groups in total. The summed E-state index contributed by atoms with van der Waals surface area (Å²) < 4.78 is 0. The van der Waals surface area contributed by atoms with Gasteiger partial charge < -0.3 is 0 Å². The molecule has 0 bridgehead atoms. The molecule has 338 valence electrons. The summed E-state index contributed by atoms with van der Waals surface area (Å²) in [5.74, 6) is 3.63. The molecular formula is C66H44N6. The highest BCUT2D eigenvalue weighted by molar-refractivity contribution is 5.80. The molecule has 0 atom stereocenters. The zero-order chi connectivity index (χ0) is 48.1. The lowest BCUT2D eigenvalue weighted by Gasteiger charge is -2.12. The summed E-state index contributed by atoms with van der Waals surface area (Å²) in [6.45, 7) is 0. The Bertz CT molecular complexity index is 3760. The van der Waals surface area contributed by atoms with Gasteiger partial charge in [-0.05, 0) is 92.0 Å². The van der Waals surface area contributed by atoms with Crippen LogP contribution in [0.4, 0.5) is 0 Å². The summed E-state index contributed by atoms with van der Waals surface area (Å²) in [6.07, 6.45) is 0. The molecule has 12 aromatic rings. The van der Waals surface area contributed by atoms with Gasteiger partial charge in [-0.25, -0.2) is 29.9 Å². The number of nitrogens with zero attached hydrogens (tertiary/aromatic N) is 6. The van der Waals surface area contributed by atoms with Crippen LogP contribution in [-0.2, 0) is 0 Å². The standard InChI is InChI=1S/C66H44N6/c1-5-19-45(20-6-1)49-27-14-34-56(40-49)62-67-61(48-25-11-4-12-26-48)68-63(69-62)59-37-17-32-54(43-59)52-30-13-31-53(39-52)55-33-18-38-60(44-55)66-71-64(57-35-15-28-50(41-57)46-21-7-2-8-22-46)70-65(72-66)58-36-16-29-51(42-58)47-23-9-3-10-24-47/h1-44H. The maximum Gasteiger partial charge on any atom is 0.164 e. The summed E-state index contributed by atoms with van der Waals surface area (Å²) >= 11 is 0. The number of rotatable bonds is 11. The fourth-order valence-corrected chi connectivity index (χ4v) is 9.07. The number of benzene rings is 10. The second kappa shape index (κ2) is 19.7. The first-order chi connectivity index (χ1) is 35.6. The fraction of sp³-hybridized carbons (Fsp3) is 0. The van der Waals surface area contributed by atoms with Gasteiger partial charge in [-0.1, -0.05) is 231 Å². The third kappa shape index (κ3) is 9.36. The van der Waals surface area contributed by atoms with E-state index in [1.807, 2.05) is 48.5 Å². The third-order valence-corrected chi connectivity index (χ3v) is 12.8. The van der Waals surface area contributed by atoms with E-state index in [0.29, 0.717) is 34.9 Å². The Kier molecular flexibility index (Phi) is 11.9. The Morgan fingerprint density at radius 2 is 0.278 bits per heavy atom. The van der Waals surface area contributed by atoms with Gasteiger partial charge in [0, 0.05) is 33.4 Å². The summed E-state index contributed by atoms with van der Waals surface area (Å²) in [4.78, 5) is 30.7. The lowest BCUT2D eigenvalue weighted by atomic mass is 9.97. The van der Waals surface area contributed by atoms with Crippen molar-refractivity contribution in [3.05, 3.63) is 267 Å². The Morgan fingerprint density at radius 1 is 0.125 bits per heavy atom. The molecule has 0 spiro atoms. The molecule has 0 aliphatic carbocycles. The van der Waals surface area contributed by atoms with Gasteiger partial charge in [-0.2, -0.15) is 0 Å². The van der Waals surface area contributed by atoms with E-state index in [1.165, 1.54) is 0 Å². The molecule has 0 fully saturated rings. The first kappa shape index (κ1) is 43.5. The van der Waals surface area contributed by atoms with Crippen molar-refractivity contribution in [1.29, 1.82) is 0 Å². The highest BCUT2D eigenvalue weighted by Crippen LogP contribution is 2.35. The predicted molar refractivity (Wildman–Crippen MR) is 293 cm³/mol. The van der Waals surface area contributed by atoms with E-state index in [1.54, 1.807) is 0 Å². The minimum atomic E-state index is 0.592. The topological polar surface area (TPSA) is 77.3 Å². The largest absolute Gasteiger partial charge is 0.208 e. The highest BCUT2D eigenvalue weighted by atomic mass is 15.0. The van der Waals surface area contributed by atoms with E-state index >= 15 is 0 Å². The Balaban J connectivity index is 0.905. The SMILES string of the molecule is c1ccc(-c2cccc(-c3nc(-c4ccccc4)nc(-c4cccc(-c5cccc(-c6cccc(-c7nc(-c8cccc(-c9ccccc9)c8)nc(-c8cccc(-c9ccccc9)c8)n7)c6)c5)c4)n3)c2)cc1. The van der Waals surface area contributed by atoms with Crippen LogP contribution in [0.5, 0.6) is 0 Å². The molecule has 72 heavy (non-hydrogen) atoms. The molecule has 10 aromatic carbocycles. The van der Waals surface area contributed by atoms with Crippen LogP contribution >= 0.6 is 0 Å². The Morgan fingerprint density at radius 3 is 0.514 bits per heavy atom. The lowest BCUT2D eigenvalue weighted by Crippen LogP contribution is -2.00. The average Bonchev–Trinajstić information content (AvgIpc) is 3.48. The molecule has 2 heterocycles. The van der Waals surface area contributed by atoms with Crippen molar-refractivity contribution in [2.75, 3.05) is 0 Å². The molecule has 0 saturated carbocycles. The Labute approximate surface area is 418 Å². The van der Waals surface area contributed by atoms with Crippen LogP contribution in [0.15, 0.2) is 267 Å². The van der Waals surface area contributed by atoms with Crippen LogP contribution in [0.2, 0.25) is 0 Å². The first-order valence-corrected chi connectivity index (χ1v) is 24.0. The van der Waals surface area contributed by atoms with Crippen LogP contribution in [0, 0.1) is 0 Å². The van der Waals surface area contributed by atoms with Crippen LogP contribution in [0.3, 0.4) is 0 Å². The summed E-state index contributed by atoms with van der Waals surface area (Å²) in [5, 5.41) is 0. The molecule has 0 aliphatic rings. The monoisotopic (exact) mass is 920 g/mol. The minimum Gasteiger partial charge on any atom is -0.208 e. The molecule has 2 aromatic heterocycles. The Hall–Kier alpha value is -9.78. The first-order valence-electron chi connectivity index (χ1n) is 24.0. The van der Waals surface area contributed by atoms with Gasteiger partial charge >= 0.3 is 0 Å². The zero-order valence-corrected chi connectivity index (χ0v) is 39.1. The molecular weight excluding hydrogens is 877 g/mol. The highest BCUT2D eigenvalue weighted by Gasteiger charge is 2.17. The van der Waals surface area contributed by atoms with Gasteiger partial charge in [0.2, 0.25) is 0 Å². The smallest absolute Gasteiger partial charge is 0.164 e. The van der Waals surface area contributed by atoms with Crippen LogP contribution in [0.1, 0.15) is 0 Å². The van der Waals surface area contributed by atoms with Crippen LogP contribution in [0.25, 0.3) is 124 Å². The molecule has 0 amide bonds. The third-order valence-electron chi connectivity index (χ3n) is 12.8. The van der Waals surface area contributed by atoms with E-state index in [2.05, 4.69) is 218 Å². The second-order valence-corrected chi connectivity index (χ2v) is 17.6. The van der Waals surface area contributed by atoms with Crippen molar-refractivity contribution in [3.63, 3.8) is 0 Å². The fourth-order valence-electron chi connectivity index (χ4n) is 9.07. The molecule has 6 nitrogen and oxygen atoms in total. The number of hydrogen-bond acceptors (Lipinski definition) is 6. The normalized spacial score (nSPS) is 11.1. The molecule has 0 saturated heterocycles. The minimum absolute atomic E-state index is 0.592. The van der Waals surface area contributed by atoms with E-state index in [9.17, 15) is 0 Å². The van der Waals surface area contributed by atoms with Crippen molar-refractivity contribution in [1.82, 2.24) is 29.9 Å². The van der Waals surface area contributed by atoms with Crippen molar-refractivity contribution in [2.24, 2.45) is 0 Å². The van der Waals surface area contributed by atoms with Crippen LogP contribution in [-0.4, -0.2) is 29.9 Å². The van der Waals surface area contributed by atoms with Gasteiger partial charge in [0.15, 0.2) is 34.9 Å². The lowest BCUT2D eigenvalue weighted by molar-refractivity contribution is 1.07. The van der Waals surface area contributed by atoms with E-state index in [0.717, 1.165) is 89.0 Å².